The largest absolute Gasteiger partial charge is 0.481 e. The van der Waals surface area contributed by atoms with E-state index in [0.717, 1.165) is 31.9 Å². The predicted octanol–water partition coefficient (Wildman–Crippen LogP) is 1.63. The fourth-order valence-corrected chi connectivity index (χ4v) is 6.42. The van der Waals surface area contributed by atoms with Gasteiger partial charge in [0.05, 0.1) is 31.2 Å². The number of fused-ring (bicyclic) bond motifs is 1. The van der Waals surface area contributed by atoms with Crippen LogP contribution >= 0.6 is 0 Å². The van der Waals surface area contributed by atoms with E-state index in [0.29, 0.717) is 44.8 Å². The summed E-state index contributed by atoms with van der Waals surface area (Å²) in [6.07, 6.45) is 5.88. The van der Waals surface area contributed by atoms with E-state index in [1.165, 1.54) is 13.2 Å². The molecule has 4 N–H and O–H groups in total. The quantitative estimate of drug-likeness (QED) is 0.528. The number of amides is 2. The van der Waals surface area contributed by atoms with Crippen molar-refractivity contribution in [3.05, 3.63) is 29.8 Å². The molecule has 5 fully saturated rings. The Kier molecular flexibility index (Phi) is 5.34. The van der Waals surface area contributed by atoms with Gasteiger partial charge in [-0.05, 0) is 44.6 Å². The molecule has 3 saturated heterocycles. The number of nitrogens with zero attached hydrogens (tertiary/aromatic N) is 3. The van der Waals surface area contributed by atoms with Crippen LogP contribution in [0.2, 0.25) is 0 Å². The molecule has 0 unspecified atom stereocenters. The van der Waals surface area contributed by atoms with Crippen molar-refractivity contribution in [2.75, 3.05) is 33.4 Å². The first kappa shape index (κ1) is 23.4. The van der Waals surface area contributed by atoms with Crippen LogP contribution in [0.3, 0.4) is 0 Å². The van der Waals surface area contributed by atoms with Crippen LogP contribution in [-0.2, 0) is 9.53 Å². The number of piperidine rings is 1. The Morgan fingerprint density at radius 3 is 2.86 bits per heavy atom. The Hall–Kier alpha value is -3.05. The van der Waals surface area contributed by atoms with Crippen molar-refractivity contribution in [2.24, 2.45) is 17.1 Å². The predicted molar refractivity (Wildman–Crippen MR) is 126 cm³/mol. The summed E-state index contributed by atoms with van der Waals surface area (Å²) in [6, 6.07) is 3.01. The maximum absolute atomic E-state index is 14.3. The molecular weight excluding hydrogens is 467 g/mol. The number of nitrogens with two attached hydrogens (primary N) is 1. The first-order valence-corrected chi connectivity index (χ1v) is 12.5. The molecule has 3 aliphatic heterocycles. The number of pyridine rings is 1. The Morgan fingerprint density at radius 2 is 2.17 bits per heavy atom. The van der Waals surface area contributed by atoms with Crippen molar-refractivity contribution in [3.8, 4) is 17.1 Å². The van der Waals surface area contributed by atoms with Crippen molar-refractivity contribution < 1.29 is 23.5 Å². The SMILES string of the molecule is COc1cc(-c2cc(C(=O)N3CC[C@H](C(=O)NCC45COC(CN)(C4)C5)CC34CC4)n[nH]2)c(F)cn1. The van der Waals surface area contributed by atoms with Crippen LogP contribution in [-0.4, -0.2) is 76.4 Å². The van der Waals surface area contributed by atoms with Crippen LogP contribution in [0.15, 0.2) is 18.3 Å². The van der Waals surface area contributed by atoms with Crippen molar-refractivity contribution >= 4 is 11.8 Å². The third-order valence-electron chi connectivity index (χ3n) is 8.56. The maximum Gasteiger partial charge on any atom is 0.274 e. The van der Waals surface area contributed by atoms with Crippen molar-refractivity contribution in [1.82, 2.24) is 25.4 Å². The van der Waals surface area contributed by atoms with Crippen LogP contribution < -0.4 is 15.8 Å². The third-order valence-corrected chi connectivity index (χ3v) is 8.56. The summed E-state index contributed by atoms with van der Waals surface area (Å²) in [5, 5.41) is 10.1. The normalized spacial score (nSPS) is 29.6. The summed E-state index contributed by atoms with van der Waals surface area (Å²) < 4.78 is 25.3. The second-order valence-electron chi connectivity index (χ2n) is 11.0. The molecule has 2 aromatic rings. The number of aromatic nitrogens is 3. The summed E-state index contributed by atoms with van der Waals surface area (Å²) >= 11 is 0. The van der Waals surface area contributed by atoms with E-state index in [2.05, 4.69) is 20.5 Å². The molecule has 0 radical (unpaired) electrons. The average Bonchev–Trinajstić information content (AvgIpc) is 3.23. The lowest BCUT2D eigenvalue weighted by molar-refractivity contribution is -0.128. The van der Waals surface area contributed by atoms with Gasteiger partial charge in [-0.2, -0.15) is 5.10 Å². The number of carbonyl (C=O) groups excluding carboxylic acids is 2. The number of halogens is 1. The molecule has 7 rings (SSSR count). The molecule has 0 aromatic carbocycles. The highest BCUT2D eigenvalue weighted by Gasteiger charge is 2.61. The summed E-state index contributed by atoms with van der Waals surface area (Å²) in [5.74, 6) is -0.540. The minimum atomic E-state index is -0.539. The molecule has 2 aliphatic carbocycles. The topological polar surface area (TPSA) is 135 Å². The number of H-pyrrole nitrogens is 1. The molecule has 1 atom stereocenters. The Labute approximate surface area is 208 Å². The smallest absolute Gasteiger partial charge is 0.274 e. The highest BCUT2D eigenvalue weighted by molar-refractivity contribution is 5.94. The maximum atomic E-state index is 14.3. The number of aromatic amines is 1. The van der Waals surface area contributed by atoms with E-state index in [1.807, 2.05) is 4.90 Å². The van der Waals surface area contributed by atoms with Crippen LogP contribution in [0.1, 0.15) is 49.0 Å². The molecular formula is C25H31FN6O4. The second-order valence-corrected chi connectivity index (χ2v) is 11.0. The van der Waals surface area contributed by atoms with Gasteiger partial charge in [0.15, 0.2) is 11.5 Å². The molecule has 11 heteroatoms. The summed E-state index contributed by atoms with van der Waals surface area (Å²) in [4.78, 5) is 32.1. The molecule has 5 heterocycles. The zero-order chi connectivity index (χ0) is 25.1. The van der Waals surface area contributed by atoms with Gasteiger partial charge in [-0.3, -0.25) is 14.7 Å². The van der Waals surface area contributed by atoms with E-state index in [-0.39, 0.29) is 51.4 Å². The van der Waals surface area contributed by atoms with Gasteiger partial charge < -0.3 is 25.4 Å². The van der Waals surface area contributed by atoms with E-state index >= 15 is 0 Å². The highest BCUT2D eigenvalue weighted by atomic mass is 19.1. The van der Waals surface area contributed by atoms with Gasteiger partial charge in [-0.1, -0.05) is 0 Å². The lowest BCUT2D eigenvalue weighted by atomic mass is 9.62. The zero-order valence-electron chi connectivity index (χ0n) is 20.3. The van der Waals surface area contributed by atoms with Crippen molar-refractivity contribution in [2.45, 2.75) is 49.7 Å². The van der Waals surface area contributed by atoms with Gasteiger partial charge in [0.25, 0.3) is 5.91 Å². The van der Waals surface area contributed by atoms with Gasteiger partial charge in [0.2, 0.25) is 11.8 Å². The molecule has 2 amide bonds. The summed E-state index contributed by atoms with van der Waals surface area (Å²) in [5.41, 5.74) is 6.21. The third kappa shape index (κ3) is 3.76. The number of rotatable bonds is 7. The van der Waals surface area contributed by atoms with Gasteiger partial charge in [0.1, 0.15) is 0 Å². The summed E-state index contributed by atoms with van der Waals surface area (Å²) in [7, 11) is 1.45. The van der Waals surface area contributed by atoms with Crippen molar-refractivity contribution in [1.29, 1.82) is 0 Å². The molecule has 2 bridgehead atoms. The monoisotopic (exact) mass is 498 g/mol. The van der Waals surface area contributed by atoms with E-state index < -0.39 is 5.82 Å². The van der Waals surface area contributed by atoms with E-state index in [9.17, 15) is 14.0 Å². The Balaban J connectivity index is 1.09. The molecule has 192 valence electrons. The average molecular weight is 499 g/mol. The van der Waals surface area contributed by atoms with Gasteiger partial charge in [-0.15, -0.1) is 0 Å². The van der Waals surface area contributed by atoms with Crippen LogP contribution in [0, 0.1) is 17.2 Å². The Bertz CT molecular complexity index is 1200. The lowest BCUT2D eigenvalue weighted by Gasteiger charge is -2.44. The van der Waals surface area contributed by atoms with Crippen LogP contribution in [0.25, 0.3) is 11.3 Å². The van der Waals surface area contributed by atoms with Gasteiger partial charge >= 0.3 is 0 Å². The highest BCUT2D eigenvalue weighted by Crippen LogP contribution is 2.57. The molecule has 2 aromatic heterocycles. The standard InChI is InChI=1S/C25H31FN6O4/c1-35-20-6-16(17(26)9-28-20)18-7-19(31-30-18)22(34)32-5-2-15(8-24(32)3-4-24)21(33)29-13-23-10-25(11-23,12-27)36-14-23/h6-7,9,15H,2-5,8,10-14,27H2,1H3,(H,29,33)(H,30,31)/t15-,23?,25?/m0/s1. The number of likely N-dealkylation sites (tertiary alicyclic amines) is 1. The minimum Gasteiger partial charge on any atom is -0.481 e. The minimum absolute atomic E-state index is 0.0267. The van der Waals surface area contributed by atoms with Gasteiger partial charge in [0, 0.05) is 48.1 Å². The molecule has 10 nitrogen and oxygen atoms in total. The first-order chi connectivity index (χ1) is 17.3. The first-order valence-electron chi connectivity index (χ1n) is 12.5. The number of carbonyl (C=O) groups is 2. The van der Waals surface area contributed by atoms with E-state index in [1.54, 1.807) is 6.07 Å². The number of ether oxygens (including phenoxy) is 2. The van der Waals surface area contributed by atoms with Crippen LogP contribution in [0.4, 0.5) is 4.39 Å². The van der Waals surface area contributed by atoms with Crippen LogP contribution in [0.5, 0.6) is 5.88 Å². The van der Waals surface area contributed by atoms with Gasteiger partial charge in [-0.25, -0.2) is 9.37 Å². The number of hydrogen-bond donors (Lipinski definition) is 3. The Morgan fingerprint density at radius 1 is 1.36 bits per heavy atom. The fourth-order valence-electron chi connectivity index (χ4n) is 6.42. The fraction of sp³-hybridized carbons (Fsp3) is 0.600. The summed E-state index contributed by atoms with van der Waals surface area (Å²) in [6.45, 7) is 2.29. The lowest BCUT2D eigenvalue weighted by Crippen LogP contribution is -2.55. The van der Waals surface area contributed by atoms with E-state index in [4.69, 9.17) is 15.2 Å². The molecule has 36 heavy (non-hydrogen) atoms. The second kappa shape index (κ2) is 8.24. The molecule has 1 spiro atoms. The molecule has 5 aliphatic rings. The molecule has 2 saturated carbocycles. The number of hydrogen-bond acceptors (Lipinski definition) is 7. The number of nitrogens with one attached hydrogen (secondary N) is 2. The number of methoxy groups -OCH3 is 1. The van der Waals surface area contributed by atoms with Crippen molar-refractivity contribution in [3.63, 3.8) is 0 Å². The zero-order valence-corrected chi connectivity index (χ0v) is 20.3.